The lowest BCUT2D eigenvalue weighted by Crippen LogP contribution is -2.23. The molecule has 0 radical (unpaired) electrons. The molecule has 0 aliphatic carbocycles. The zero-order valence-corrected chi connectivity index (χ0v) is 9.44. The highest BCUT2D eigenvalue weighted by Crippen LogP contribution is 2.16. The van der Waals surface area contributed by atoms with Crippen molar-refractivity contribution in [1.82, 2.24) is 10.3 Å². The molecule has 0 aromatic carbocycles. The summed E-state index contributed by atoms with van der Waals surface area (Å²) >= 11 is 1.46. The highest BCUT2D eigenvalue weighted by molar-refractivity contribution is 7.13. The lowest BCUT2D eigenvalue weighted by molar-refractivity contribution is -0.114. The van der Waals surface area contributed by atoms with Gasteiger partial charge in [0.2, 0.25) is 5.91 Å². The van der Waals surface area contributed by atoms with Crippen LogP contribution in [0.2, 0.25) is 0 Å². The van der Waals surface area contributed by atoms with Crippen molar-refractivity contribution in [1.29, 1.82) is 0 Å². The van der Waals surface area contributed by atoms with Crippen LogP contribution < -0.4 is 10.6 Å². The van der Waals surface area contributed by atoms with Gasteiger partial charge in [0.25, 0.3) is 0 Å². The molecule has 0 spiro atoms. The summed E-state index contributed by atoms with van der Waals surface area (Å²) in [4.78, 5) is 15.0. The fraction of sp³-hybridized carbons (Fsp3) is 0.556. The number of amides is 1. The van der Waals surface area contributed by atoms with Gasteiger partial charge in [-0.15, -0.1) is 11.3 Å². The van der Waals surface area contributed by atoms with Gasteiger partial charge < -0.3 is 10.6 Å². The maximum Gasteiger partial charge on any atom is 0.223 e. The van der Waals surface area contributed by atoms with Gasteiger partial charge in [-0.05, 0) is 14.0 Å². The van der Waals surface area contributed by atoms with E-state index >= 15 is 0 Å². The number of hydrogen-bond acceptors (Lipinski definition) is 4. The number of nitrogens with one attached hydrogen (secondary N) is 2. The predicted octanol–water partition coefficient (Wildman–Crippen LogP) is 1.25. The molecule has 0 fully saturated rings. The van der Waals surface area contributed by atoms with Crippen LogP contribution in [0.15, 0.2) is 5.38 Å². The summed E-state index contributed by atoms with van der Waals surface area (Å²) in [5.41, 5.74) is 1.01. The minimum absolute atomic E-state index is 0.0763. The minimum atomic E-state index is -0.0763. The van der Waals surface area contributed by atoms with Crippen LogP contribution in [0.3, 0.4) is 0 Å². The lowest BCUT2D eigenvalue weighted by Gasteiger charge is -2.06. The van der Waals surface area contributed by atoms with Crippen molar-refractivity contribution in [3.63, 3.8) is 0 Å². The Kier molecular flexibility index (Phi) is 4.03. The van der Waals surface area contributed by atoms with Crippen LogP contribution in [-0.4, -0.2) is 24.0 Å². The first-order valence-electron chi connectivity index (χ1n) is 4.51. The molecule has 0 saturated carbocycles. The number of thiazole rings is 1. The van der Waals surface area contributed by atoms with Crippen LogP contribution in [0.25, 0.3) is 0 Å². The van der Waals surface area contributed by atoms with E-state index in [0.717, 1.165) is 12.1 Å². The maximum atomic E-state index is 10.7. The van der Waals surface area contributed by atoms with Gasteiger partial charge in [0.05, 0.1) is 5.69 Å². The smallest absolute Gasteiger partial charge is 0.223 e. The van der Waals surface area contributed by atoms with Crippen LogP contribution in [0.1, 0.15) is 19.5 Å². The first kappa shape index (κ1) is 11.1. The van der Waals surface area contributed by atoms with E-state index in [9.17, 15) is 4.79 Å². The molecule has 1 rings (SSSR count). The Morgan fingerprint density at radius 1 is 1.71 bits per heavy atom. The molecule has 0 aliphatic rings. The second-order valence-corrected chi connectivity index (χ2v) is 4.08. The quantitative estimate of drug-likeness (QED) is 0.791. The van der Waals surface area contributed by atoms with Gasteiger partial charge >= 0.3 is 0 Å². The third kappa shape index (κ3) is 3.43. The predicted molar refractivity (Wildman–Crippen MR) is 58.6 cm³/mol. The Morgan fingerprint density at radius 3 is 3.00 bits per heavy atom. The summed E-state index contributed by atoms with van der Waals surface area (Å²) in [5, 5.41) is 8.45. The van der Waals surface area contributed by atoms with Crippen molar-refractivity contribution in [3.8, 4) is 0 Å². The van der Waals surface area contributed by atoms with Crippen molar-refractivity contribution < 1.29 is 4.79 Å². The standard InChI is InChI=1S/C9H15N3OS/c1-6(10-3)4-8-5-14-9(12-8)11-7(2)13/h5-6,10H,4H2,1-3H3,(H,11,12,13). The van der Waals surface area contributed by atoms with Crippen LogP contribution in [0, 0.1) is 0 Å². The molecule has 1 unspecified atom stereocenters. The van der Waals surface area contributed by atoms with Gasteiger partial charge in [-0.2, -0.15) is 0 Å². The third-order valence-electron chi connectivity index (χ3n) is 1.84. The van der Waals surface area contributed by atoms with E-state index in [1.165, 1.54) is 18.3 Å². The average molecular weight is 213 g/mol. The first-order valence-corrected chi connectivity index (χ1v) is 5.39. The monoisotopic (exact) mass is 213 g/mol. The molecule has 2 N–H and O–H groups in total. The van der Waals surface area contributed by atoms with Crippen molar-refractivity contribution in [2.45, 2.75) is 26.3 Å². The Bertz CT molecular complexity index is 311. The number of likely N-dealkylation sites (N-methyl/N-ethyl adjacent to an activating group) is 1. The Hall–Kier alpha value is -0.940. The molecule has 1 aromatic rings. The fourth-order valence-corrected chi connectivity index (χ4v) is 1.79. The summed E-state index contributed by atoms with van der Waals surface area (Å²) < 4.78 is 0. The van der Waals surface area contributed by atoms with E-state index in [0.29, 0.717) is 11.2 Å². The van der Waals surface area contributed by atoms with Crippen molar-refractivity contribution in [2.24, 2.45) is 0 Å². The minimum Gasteiger partial charge on any atom is -0.317 e. The number of aromatic nitrogens is 1. The van der Waals surface area contributed by atoms with Gasteiger partial charge in [-0.3, -0.25) is 4.79 Å². The Balaban J connectivity index is 2.54. The Morgan fingerprint density at radius 2 is 2.43 bits per heavy atom. The number of nitrogens with zero attached hydrogens (tertiary/aromatic N) is 1. The third-order valence-corrected chi connectivity index (χ3v) is 2.65. The molecule has 5 heteroatoms. The summed E-state index contributed by atoms with van der Waals surface area (Å²) in [6.45, 7) is 3.58. The molecule has 1 amide bonds. The van der Waals surface area contributed by atoms with Crippen molar-refractivity contribution >= 4 is 22.4 Å². The number of anilines is 1. The molecule has 0 saturated heterocycles. The van der Waals surface area contributed by atoms with E-state index < -0.39 is 0 Å². The molecular weight excluding hydrogens is 198 g/mol. The van der Waals surface area contributed by atoms with Crippen LogP contribution in [0.5, 0.6) is 0 Å². The number of hydrogen-bond donors (Lipinski definition) is 2. The van der Waals surface area contributed by atoms with Crippen molar-refractivity contribution in [2.75, 3.05) is 12.4 Å². The van der Waals surface area contributed by atoms with Gasteiger partial charge in [0, 0.05) is 24.8 Å². The van der Waals surface area contributed by atoms with Gasteiger partial charge in [0.15, 0.2) is 5.13 Å². The van der Waals surface area contributed by atoms with Gasteiger partial charge in [-0.25, -0.2) is 4.98 Å². The molecule has 78 valence electrons. The topological polar surface area (TPSA) is 54.0 Å². The Labute approximate surface area is 87.7 Å². The van der Waals surface area contributed by atoms with E-state index in [2.05, 4.69) is 22.5 Å². The van der Waals surface area contributed by atoms with Gasteiger partial charge in [0.1, 0.15) is 0 Å². The molecule has 4 nitrogen and oxygen atoms in total. The van der Waals surface area contributed by atoms with Crippen LogP contribution in [-0.2, 0) is 11.2 Å². The summed E-state index contributed by atoms with van der Waals surface area (Å²) in [6.07, 6.45) is 0.882. The fourth-order valence-electron chi connectivity index (χ4n) is 1.02. The summed E-state index contributed by atoms with van der Waals surface area (Å²) in [7, 11) is 1.92. The number of rotatable bonds is 4. The van der Waals surface area contributed by atoms with E-state index in [1.54, 1.807) is 0 Å². The van der Waals surface area contributed by atoms with Crippen LogP contribution in [0.4, 0.5) is 5.13 Å². The maximum absolute atomic E-state index is 10.7. The molecule has 1 atom stereocenters. The van der Waals surface area contributed by atoms with Crippen molar-refractivity contribution in [3.05, 3.63) is 11.1 Å². The highest BCUT2D eigenvalue weighted by Gasteiger charge is 2.06. The summed E-state index contributed by atoms with van der Waals surface area (Å²) in [5.74, 6) is -0.0763. The SMILES string of the molecule is CNC(C)Cc1csc(NC(C)=O)n1. The second-order valence-electron chi connectivity index (χ2n) is 3.22. The largest absolute Gasteiger partial charge is 0.317 e. The first-order chi connectivity index (χ1) is 6.61. The molecule has 0 aliphatic heterocycles. The van der Waals surface area contributed by atoms with E-state index in [1.807, 2.05) is 12.4 Å². The van der Waals surface area contributed by atoms with Gasteiger partial charge in [-0.1, -0.05) is 0 Å². The molecule has 0 bridgehead atoms. The molecule has 1 heterocycles. The number of carbonyl (C=O) groups excluding carboxylic acids is 1. The normalized spacial score (nSPS) is 12.5. The lowest BCUT2D eigenvalue weighted by atomic mass is 10.2. The summed E-state index contributed by atoms with van der Waals surface area (Å²) in [6, 6.07) is 0.405. The zero-order valence-electron chi connectivity index (χ0n) is 8.63. The second kappa shape index (κ2) is 5.07. The van der Waals surface area contributed by atoms with Crippen LogP contribution >= 0.6 is 11.3 Å². The zero-order chi connectivity index (χ0) is 10.6. The van der Waals surface area contributed by atoms with E-state index in [4.69, 9.17) is 0 Å². The number of carbonyl (C=O) groups is 1. The van der Waals surface area contributed by atoms with E-state index in [-0.39, 0.29) is 5.91 Å². The molecule has 14 heavy (non-hydrogen) atoms. The molecule has 1 aromatic heterocycles. The molecular formula is C9H15N3OS. The highest BCUT2D eigenvalue weighted by atomic mass is 32.1. The average Bonchev–Trinajstić information content (AvgIpc) is 2.51.